The lowest BCUT2D eigenvalue weighted by molar-refractivity contribution is -0.117. The normalized spacial score (nSPS) is 19.7. The molecule has 1 amide bonds. The molecule has 1 atom stereocenters. The lowest BCUT2D eigenvalue weighted by atomic mass is 10.1. The molecule has 1 saturated heterocycles. The van der Waals surface area contributed by atoms with Crippen LogP contribution < -0.4 is 15.4 Å². The van der Waals surface area contributed by atoms with Gasteiger partial charge in [0.15, 0.2) is 0 Å². The van der Waals surface area contributed by atoms with E-state index in [-0.39, 0.29) is 17.6 Å². The SMILES string of the molecule is NCC1CC(=O)N(c2ccccc2OC(F)F)C1. The summed E-state index contributed by atoms with van der Waals surface area (Å²) >= 11 is 0. The first-order valence-corrected chi connectivity index (χ1v) is 5.66. The van der Waals surface area contributed by atoms with Gasteiger partial charge in [0.25, 0.3) is 0 Å². The highest BCUT2D eigenvalue weighted by Gasteiger charge is 2.31. The minimum Gasteiger partial charge on any atom is -0.433 e. The fourth-order valence-corrected chi connectivity index (χ4v) is 2.05. The number of carbonyl (C=O) groups excluding carboxylic acids is 1. The van der Waals surface area contributed by atoms with E-state index < -0.39 is 6.61 Å². The highest BCUT2D eigenvalue weighted by atomic mass is 19.3. The van der Waals surface area contributed by atoms with E-state index in [9.17, 15) is 13.6 Å². The summed E-state index contributed by atoms with van der Waals surface area (Å²) in [4.78, 5) is 13.3. The first kappa shape index (κ1) is 12.8. The fraction of sp³-hybridized carbons (Fsp3) is 0.417. The van der Waals surface area contributed by atoms with Crippen molar-refractivity contribution in [2.45, 2.75) is 13.0 Å². The molecule has 1 fully saturated rings. The van der Waals surface area contributed by atoms with Gasteiger partial charge in [-0.3, -0.25) is 4.79 Å². The van der Waals surface area contributed by atoms with Gasteiger partial charge in [0, 0.05) is 13.0 Å². The Bertz CT molecular complexity index is 440. The summed E-state index contributed by atoms with van der Waals surface area (Å²) in [6.45, 7) is -2.06. The van der Waals surface area contributed by atoms with Crippen molar-refractivity contribution in [1.82, 2.24) is 0 Å². The van der Waals surface area contributed by atoms with Crippen molar-refractivity contribution in [1.29, 1.82) is 0 Å². The van der Waals surface area contributed by atoms with E-state index in [0.717, 1.165) is 0 Å². The molecule has 1 aromatic rings. The van der Waals surface area contributed by atoms with Gasteiger partial charge in [0.05, 0.1) is 5.69 Å². The van der Waals surface area contributed by atoms with Crippen LogP contribution in [0.3, 0.4) is 0 Å². The lowest BCUT2D eigenvalue weighted by Crippen LogP contribution is -2.26. The highest BCUT2D eigenvalue weighted by molar-refractivity contribution is 5.97. The molecular formula is C12H14F2N2O2. The molecule has 1 heterocycles. The van der Waals surface area contributed by atoms with Crippen LogP contribution in [-0.2, 0) is 4.79 Å². The van der Waals surface area contributed by atoms with Crippen LogP contribution in [0, 0.1) is 5.92 Å². The summed E-state index contributed by atoms with van der Waals surface area (Å²) in [6.07, 6.45) is 0.347. The number of alkyl halides is 2. The molecule has 1 aromatic carbocycles. The Kier molecular flexibility index (Phi) is 3.76. The van der Waals surface area contributed by atoms with Crippen LogP contribution in [0.1, 0.15) is 6.42 Å². The Morgan fingerprint density at radius 3 is 2.78 bits per heavy atom. The predicted molar refractivity (Wildman–Crippen MR) is 62.6 cm³/mol. The third-order valence-electron chi connectivity index (χ3n) is 2.91. The number of para-hydroxylation sites is 2. The van der Waals surface area contributed by atoms with E-state index in [1.54, 1.807) is 18.2 Å². The zero-order valence-corrected chi connectivity index (χ0v) is 9.68. The summed E-state index contributed by atoms with van der Waals surface area (Å²) in [5.41, 5.74) is 5.90. The summed E-state index contributed by atoms with van der Waals surface area (Å²) in [7, 11) is 0. The van der Waals surface area contributed by atoms with Crippen LogP contribution in [0.2, 0.25) is 0 Å². The Hall–Kier alpha value is -1.69. The lowest BCUT2D eigenvalue weighted by Gasteiger charge is -2.20. The molecule has 1 aliphatic heterocycles. The molecule has 2 N–H and O–H groups in total. The molecule has 0 saturated carbocycles. The summed E-state index contributed by atoms with van der Waals surface area (Å²) in [6, 6.07) is 6.28. The molecule has 0 spiro atoms. The minimum atomic E-state index is -2.91. The smallest absolute Gasteiger partial charge is 0.387 e. The minimum absolute atomic E-state index is 0.0125. The average Bonchev–Trinajstić information content (AvgIpc) is 2.70. The molecule has 0 bridgehead atoms. The van der Waals surface area contributed by atoms with Gasteiger partial charge < -0.3 is 15.4 Å². The number of amides is 1. The standard InChI is InChI=1S/C12H14F2N2O2/c13-12(14)18-10-4-2-1-3-9(10)16-7-8(6-15)5-11(16)17/h1-4,8,12H,5-7,15H2. The largest absolute Gasteiger partial charge is 0.433 e. The zero-order valence-electron chi connectivity index (χ0n) is 9.68. The molecule has 4 nitrogen and oxygen atoms in total. The Morgan fingerprint density at radius 1 is 1.44 bits per heavy atom. The molecule has 0 radical (unpaired) electrons. The number of benzene rings is 1. The molecular weight excluding hydrogens is 242 g/mol. The monoisotopic (exact) mass is 256 g/mol. The van der Waals surface area contributed by atoms with E-state index >= 15 is 0 Å². The van der Waals surface area contributed by atoms with Gasteiger partial charge in [0.2, 0.25) is 5.91 Å². The summed E-state index contributed by atoms with van der Waals surface area (Å²) in [5, 5.41) is 0. The van der Waals surface area contributed by atoms with Gasteiger partial charge in [-0.15, -0.1) is 0 Å². The number of ether oxygens (including phenoxy) is 1. The average molecular weight is 256 g/mol. The van der Waals surface area contributed by atoms with Crippen LogP contribution in [-0.4, -0.2) is 25.6 Å². The quantitative estimate of drug-likeness (QED) is 0.890. The first-order chi connectivity index (χ1) is 8.61. The molecule has 2 rings (SSSR count). The number of rotatable bonds is 4. The Labute approximate surface area is 103 Å². The van der Waals surface area contributed by atoms with Crippen LogP contribution in [0.15, 0.2) is 24.3 Å². The number of hydrogen-bond donors (Lipinski definition) is 1. The number of nitrogens with zero attached hydrogens (tertiary/aromatic N) is 1. The molecule has 1 unspecified atom stereocenters. The second-order valence-electron chi connectivity index (χ2n) is 4.16. The maximum absolute atomic E-state index is 12.3. The molecule has 1 aliphatic rings. The zero-order chi connectivity index (χ0) is 13.1. The van der Waals surface area contributed by atoms with Crippen LogP contribution in [0.4, 0.5) is 14.5 Å². The van der Waals surface area contributed by atoms with Gasteiger partial charge in [-0.1, -0.05) is 12.1 Å². The maximum Gasteiger partial charge on any atom is 0.387 e. The van der Waals surface area contributed by atoms with Gasteiger partial charge in [0.1, 0.15) is 5.75 Å². The molecule has 0 aromatic heterocycles. The van der Waals surface area contributed by atoms with Crippen LogP contribution in [0.25, 0.3) is 0 Å². The molecule has 6 heteroatoms. The second kappa shape index (κ2) is 5.30. The van der Waals surface area contributed by atoms with Crippen molar-refractivity contribution < 1.29 is 18.3 Å². The molecule has 18 heavy (non-hydrogen) atoms. The number of nitrogens with two attached hydrogens (primary N) is 1. The summed E-state index contributed by atoms with van der Waals surface area (Å²) < 4.78 is 29.0. The van der Waals surface area contributed by atoms with Gasteiger partial charge in [-0.05, 0) is 24.6 Å². The third-order valence-corrected chi connectivity index (χ3v) is 2.91. The van der Waals surface area contributed by atoms with Crippen molar-refractivity contribution >= 4 is 11.6 Å². The van der Waals surface area contributed by atoms with Gasteiger partial charge in [-0.2, -0.15) is 8.78 Å². The number of carbonyl (C=O) groups is 1. The van der Waals surface area contributed by atoms with Gasteiger partial charge in [-0.25, -0.2) is 0 Å². The van der Waals surface area contributed by atoms with Gasteiger partial charge >= 0.3 is 6.61 Å². The topological polar surface area (TPSA) is 55.6 Å². The Balaban J connectivity index is 2.25. The van der Waals surface area contributed by atoms with Crippen molar-refractivity contribution in [3.8, 4) is 5.75 Å². The first-order valence-electron chi connectivity index (χ1n) is 5.66. The highest BCUT2D eigenvalue weighted by Crippen LogP contribution is 2.33. The predicted octanol–water partition coefficient (Wildman–Crippen LogP) is 1.60. The summed E-state index contributed by atoms with van der Waals surface area (Å²) in [5.74, 6) is -0.0357. The number of anilines is 1. The van der Waals surface area contributed by atoms with Crippen molar-refractivity contribution in [3.05, 3.63) is 24.3 Å². The number of hydrogen-bond acceptors (Lipinski definition) is 3. The van der Waals surface area contributed by atoms with Crippen LogP contribution in [0.5, 0.6) is 5.75 Å². The van der Waals surface area contributed by atoms with Crippen molar-refractivity contribution in [2.75, 3.05) is 18.0 Å². The Morgan fingerprint density at radius 2 is 2.17 bits per heavy atom. The fourth-order valence-electron chi connectivity index (χ4n) is 2.05. The van der Waals surface area contributed by atoms with E-state index in [2.05, 4.69) is 4.74 Å². The molecule has 0 aliphatic carbocycles. The maximum atomic E-state index is 12.3. The third kappa shape index (κ3) is 2.59. The van der Waals surface area contributed by atoms with E-state index in [1.807, 2.05) is 0 Å². The van der Waals surface area contributed by atoms with E-state index in [0.29, 0.717) is 25.2 Å². The molecule has 98 valence electrons. The van der Waals surface area contributed by atoms with Crippen molar-refractivity contribution in [3.63, 3.8) is 0 Å². The second-order valence-corrected chi connectivity index (χ2v) is 4.16. The van der Waals surface area contributed by atoms with E-state index in [4.69, 9.17) is 5.73 Å². The van der Waals surface area contributed by atoms with Crippen molar-refractivity contribution in [2.24, 2.45) is 11.7 Å². The van der Waals surface area contributed by atoms with E-state index in [1.165, 1.54) is 11.0 Å². The number of halogens is 2. The van der Waals surface area contributed by atoms with Crippen LogP contribution >= 0.6 is 0 Å².